The van der Waals surface area contributed by atoms with Gasteiger partial charge in [0.25, 0.3) is 5.91 Å². The molecule has 74 valence electrons. The Balaban J connectivity index is 2.13. The molecule has 4 N–H and O–H groups in total. The van der Waals surface area contributed by atoms with Crippen LogP contribution < -0.4 is 16.5 Å². The Morgan fingerprint density at radius 1 is 1.62 bits per heavy atom. The lowest BCUT2D eigenvalue weighted by Crippen LogP contribution is -2.41. The van der Waals surface area contributed by atoms with Gasteiger partial charge in [0.2, 0.25) is 5.91 Å². The smallest absolute Gasteiger partial charge is 0.260 e. The van der Waals surface area contributed by atoms with Gasteiger partial charge in [-0.25, -0.2) is 5.48 Å². The van der Waals surface area contributed by atoms with Gasteiger partial charge in [-0.05, 0) is 19.4 Å². The largest absolute Gasteiger partial charge is 0.368 e. The van der Waals surface area contributed by atoms with E-state index in [1.165, 1.54) is 0 Å². The third-order valence-electron chi connectivity index (χ3n) is 1.76. The topological polar surface area (TPSA) is 93.5 Å². The molecule has 1 aliphatic rings. The summed E-state index contributed by atoms with van der Waals surface area (Å²) in [5.74, 6) is -0.863. The van der Waals surface area contributed by atoms with Crippen LogP contribution in [-0.2, 0) is 14.4 Å². The zero-order valence-electron chi connectivity index (χ0n) is 7.21. The molecular formula is C7H13N3O3. The molecule has 0 aromatic heterocycles. The van der Waals surface area contributed by atoms with Crippen LogP contribution in [-0.4, -0.2) is 31.0 Å². The Hall–Kier alpha value is -1.14. The number of primary amides is 1. The SMILES string of the molecule is NC(=O)CONC(=O)C1CCCN1. The lowest BCUT2D eigenvalue weighted by Gasteiger charge is -2.09. The van der Waals surface area contributed by atoms with Crippen molar-refractivity contribution in [1.29, 1.82) is 0 Å². The van der Waals surface area contributed by atoms with Crippen LogP contribution in [0.4, 0.5) is 0 Å². The van der Waals surface area contributed by atoms with E-state index in [9.17, 15) is 9.59 Å². The molecule has 13 heavy (non-hydrogen) atoms. The maximum atomic E-state index is 11.2. The first-order valence-electron chi connectivity index (χ1n) is 4.13. The van der Waals surface area contributed by atoms with Crippen LogP contribution in [0.25, 0.3) is 0 Å². The first-order valence-corrected chi connectivity index (χ1v) is 4.13. The summed E-state index contributed by atoms with van der Waals surface area (Å²) >= 11 is 0. The quantitative estimate of drug-likeness (QED) is 0.456. The van der Waals surface area contributed by atoms with Gasteiger partial charge in [0.05, 0.1) is 6.04 Å². The highest BCUT2D eigenvalue weighted by Gasteiger charge is 2.21. The van der Waals surface area contributed by atoms with Gasteiger partial charge in [-0.15, -0.1) is 0 Å². The Bertz CT molecular complexity index is 201. The number of rotatable bonds is 4. The molecule has 0 aromatic rings. The summed E-state index contributed by atoms with van der Waals surface area (Å²) in [5.41, 5.74) is 6.95. The maximum Gasteiger partial charge on any atom is 0.260 e. The predicted molar refractivity (Wildman–Crippen MR) is 44.3 cm³/mol. The molecule has 2 amide bonds. The Morgan fingerprint density at radius 2 is 2.38 bits per heavy atom. The molecule has 6 nitrogen and oxygen atoms in total. The monoisotopic (exact) mass is 187 g/mol. The number of nitrogens with two attached hydrogens (primary N) is 1. The third kappa shape index (κ3) is 3.39. The molecule has 6 heteroatoms. The summed E-state index contributed by atoms with van der Waals surface area (Å²) in [6, 6.07) is -0.201. The van der Waals surface area contributed by atoms with E-state index < -0.39 is 5.91 Å². The van der Waals surface area contributed by atoms with Gasteiger partial charge in [0.15, 0.2) is 6.61 Å². The predicted octanol–water partition coefficient (Wildman–Crippen LogP) is -1.73. The normalized spacial score (nSPS) is 21.4. The highest BCUT2D eigenvalue weighted by molar-refractivity contribution is 5.81. The standard InChI is InChI=1S/C7H13N3O3/c8-6(11)4-13-10-7(12)5-2-1-3-9-5/h5,9H,1-4H2,(H2,8,11)(H,10,12). The van der Waals surface area contributed by atoms with Gasteiger partial charge in [-0.3, -0.25) is 14.4 Å². The van der Waals surface area contributed by atoms with Crippen molar-refractivity contribution in [3.8, 4) is 0 Å². The van der Waals surface area contributed by atoms with Crippen LogP contribution in [0.1, 0.15) is 12.8 Å². The molecule has 0 radical (unpaired) electrons. The summed E-state index contributed by atoms with van der Waals surface area (Å²) < 4.78 is 0. The minimum atomic E-state index is -0.611. The van der Waals surface area contributed by atoms with Gasteiger partial charge < -0.3 is 11.1 Å². The van der Waals surface area contributed by atoms with Gasteiger partial charge in [-0.1, -0.05) is 0 Å². The van der Waals surface area contributed by atoms with Gasteiger partial charge in [-0.2, -0.15) is 0 Å². The molecule has 1 heterocycles. The van der Waals surface area contributed by atoms with Gasteiger partial charge in [0, 0.05) is 0 Å². The second-order valence-corrected chi connectivity index (χ2v) is 2.87. The molecule has 0 aliphatic carbocycles. The zero-order chi connectivity index (χ0) is 9.68. The minimum Gasteiger partial charge on any atom is -0.368 e. The van der Waals surface area contributed by atoms with Crippen molar-refractivity contribution in [2.45, 2.75) is 18.9 Å². The van der Waals surface area contributed by atoms with Crippen molar-refractivity contribution in [3.63, 3.8) is 0 Å². The molecule has 1 fully saturated rings. The zero-order valence-corrected chi connectivity index (χ0v) is 7.21. The van der Waals surface area contributed by atoms with Crippen molar-refractivity contribution < 1.29 is 14.4 Å². The van der Waals surface area contributed by atoms with Crippen LogP contribution in [0.2, 0.25) is 0 Å². The fourth-order valence-electron chi connectivity index (χ4n) is 1.16. The number of carbonyl (C=O) groups excluding carboxylic acids is 2. The summed E-state index contributed by atoms with van der Waals surface area (Å²) in [5, 5.41) is 2.99. The summed E-state index contributed by atoms with van der Waals surface area (Å²) in [7, 11) is 0. The number of carbonyl (C=O) groups is 2. The van der Waals surface area contributed by atoms with E-state index in [1.54, 1.807) is 0 Å². The minimum absolute atomic E-state index is 0.201. The molecule has 1 atom stereocenters. The Kier molecular flexibility index (Phi) is 3.66. The van der Waals surface area contributed by atoms with E-state index in [0.29, 0.717) is 0 Å². The molecule has 1 rings (SSSR count). The average Bonchev–Trinajstić information content (AvgIpc) is 2.55. The summed E-state index contributed by atoms with van der Waals surface area (Å²) in [4.78, 5) is 26.0. The molecule has 1 aliphatic heterocycles. The van der Waals surface area contributed by atoms with E-state index in [1.807, 2.05) is 0 Å². The maximum absolute atomic E-state index is 11.2. The second-order valence-electron chi connectivity index (χ2n) is 2.87. The number of amides is 2. The van der Waals surface area contributed by atoms with E-state index in [-0.39, 0.29) is 18.6 Å². The Morgan fingerprint density at radius 3 is 2.92 bits per heavy atom. The molecular weight excluding hydrogens is 174 g/mol. The Labute approximate surface area is 75.8 Å². The highest BCUT2D eigenvalue weighted by atomic mass is 16.7. The fourth-order valence-corrected chi connectivity index (χ4v) is 1.16. The molecule has 1 saturated heterocycles. The summed E-state index contributed by atoms with van der Waals surface area (Å²) in [6.07, 6.45) is 1.78. The third-order valence-corrected chi connectivity index (χ3v) is 1.76. The van der Waals surface area contributed by atoms with Crippen molar-refractivity contribution in [2.75, 3.05) is 13.2 Å². The second kappa shape index (κ2) is 4.78. The number of hydrogen-bond donors (Lipinski definition) is 3. The van der Waals surface area contributed by atoms with Crippen molar-refractivity contribution in [2.24, 2.45) is 5.73 Å². The fraction of sp³-hybridized carbons (Fsp3) is 0.714. The molecule has 0 bridgehead atoms. The van der Waals surface area contributed by atoms with E-state index >= 15 is 0 Å². The first-order chi connectivity index (χ1) is 6.20. The lowest BCUT2D eigenvalue weighted by molar-refractivity contribution is -0.139. The van der Waals surface area contributed by atoms with Crippen molar-refractivity contribution in [3.05, 3.63) is 0 Å². The number of nitrogens with one attached hydrogen (secondary N) is 2. The first kappa shape index (κ1) is 9.94. The summed E-state index contributed by atoms with van der Waals surface area (Å²) in [6.45, 7) is 0.548. The van der Waals surface area contributed by atoms with Crippen LogP contribution in [0.15, 0.2) is 0 Å². The van der Waals surface area contributed by atoms with Crippen LogP contribution >= 0.6 is 0 Å². The highest BCUT2D eigenvalue weighted by Crippen LogP contribution is 2.03. The van der Waals surface area contributed by atoms with E-state index in [2.05, 4.69) is 15.6 Å². The molecule has 0 aromatic carbocycles. The van der Waals surface area contributed by atoms with Gasteiger partial charge >= 0.3 is 0 Å². The van der Waals surface area contributed by atoms with Crippen LogP contribution in [0.5, 0.6) is 0 Å². The van der Waals surface area contributed by atoms with E-state index in [4.69, 9.17) is 5.73 Å². The number of hydrogen-bond acceptors (Lipinski definition) is 4. The molecule has 0 saturated carbocycles. The molecule has 0 spiro atoms. The van der Waals surface area contributed by atoms with Crippen LogP contribution in [0, 0.1) is 0 Å². The number of hydroxylamine groups is 1. The van der Waals surface area contributed by atoms with Crippen molar-refractivity contribution >= 4 is 11.8 Å². The van der Waals surface area contributed by atoms with Gasteiger partial charge in [0.1, 0.15) is 0 Å². The van der Waals surface area contributed by atoms with Crippen molar-refractivity contribution in [1.82, 2.24) is 10.8 Å². The molecule has 1 unspecified atom stereocenters. The lowest BCUT2D eigenvalue weighted by atomic mass is 10.2. The van der Waals surface area contributed by atoms with E-state index in [0.717, 1.165) is 19.4 Å². The average molecular weight is 187 g/mol. The van der Waals surface area contributed by atoms with Crippen LogP contribution in [0.3, 0.4) is 0 Å².